The lowest BCUT2D eigenvalue weighted by Gasteiger charge is -2.07. The Morgan fingerprint density at radius 1 is 1.09 bits per heavy atom. The molecule has 0 spiro atoms. The van der Waals surface area contributed by atoms with Crippen LogP contribution in [0.4, 0.5) is 0 Å². The SMILES string of the molecule is COc1ccc(/C=N/Cn2nnc3ccccc32)cc1OC. The van der Waals surface area contributed by atoms with Crippen molar-refractivity contribution in [2.24, 2.45) is 4.99 Å². The zero-order chi connectivity index (χ0) is 15.4. The second kappa shape index (κ2) is 6.26. The van der Waals surface area contributed by atoms with Crippen LogP contribution in [0.3, 0.4) is 0 Å². The van der Waals surface area contributed by atoms with E-state index in [-0.39, 0.29) is 0 Å². The highest BCUT2D eigenvalue weighted by molar-refractivity contribution is 5.81. The third-order valence-electron chi connectivity index (χ3n) is 3.28. The first-order valence-electron chi connectivity index (χ1n) is 6.82. The molecule has 0 aliphatic rings. The molecule has 2 aromatic carbocycles. The van der Waals surface area contributed by atoms with E-state index < -0.39 is 0 Å². The van der Waals surface area contributed by atoms with Crippen LogP contribution in [0.5, 0.6) is 11.5 Å². The van der Waals surface area contributed by atoms with Gasteiger partial charge in [0.05, 0.1) is 19.7 Å². The molecule has 0 unspecified atom stereocenters. The molecule has 0 radical (unpaired) electrons. The molecule has 0 N–H and O–H groups in total. The summed E-state index contributed by atoms with van der Waals surface area (Å²) >= 11 is 0. The predicted molar refractivity (Wildman–Crippen MR) is 84.7 cm³/mol. The summed E-state index contributed by atoms with van der Waals surface area (Å²) in [6.07, 6.45) is 1.78. The molecule has 0 saturated heterocycles. The standard InChI is InChI=1S/C16H16N4O2/c1-21-15-8-7-12(9-16(15)22-2)10-17-11-20-14-6-4-3-5-13(14)18-19-20/h3-10H,11H2,1-2H3/b17-10+. The highest BCUT2D eigenvalue weighted by atomic mass is 16.5. The Kier molecular flexibility index (Phi) is 4.00. The molecule has 0 aliphatic carbocycles. The summed E-state index contributed by atoms with van der Waals surface area (Å²) in [6, 6.07) is 13.4. The van der Waals surface area contributed by atoms with Crippen molar-refractivity contribution in [2.45, 2.75) is 6.67 Å². The quantitative estimate of drug-likeness (QED) is 0.679. The van der Waals surface area contributed by atoms with Gasteiger partial charge in [-0.15, -0.1) is 5.10 Å². The van der Waals surface area contributed by atoms with Gasteiger partial charge in [-0.25, -0.2) is 4.68 Å². The van der Waals surface area contributed by atoms with Crippen molar-refractivity contribution < 1.29 is 9.47 Å². The molecule has 6 heteroatoms. The molecule has 0 saturated carbocycles. The summed E-state index contributed by atoms with van der Waals surface area (Å²) in [7, 11) is 3.22. The molecule has 22 heavy (non-hydrogen) atoms. The van der Waals surface area contributed by atoms with Gasteiger partial charge in [-0.05, 0) is 35.9 Å². The van der Waals surface area contributed by atoms with Crippen molar-refractivity contribution >= 4 is 17.2 Å². The first-order chi connectivity index (χ1) is 10.8. The highest BCUT2D eigenvalue weighted by Crippen LogP contribution is 2.26. The number of aromatic nitrogens is 3. The number of benzene rings is 2. The van der Waals surface area contributed by atoms with Crippen LogP contribution in [0.2, 0.25) is 0 Å². The maximum Gasteiger partial charge on any atom is 0.161 e. The summed E-state index contributed by atoms with van der Waals surface area (Å²) in [4.78, 5) is 4.40. The van der Waals surface area contributed by atoms with Gasteiger partial charge in [0.15, 0.2) is 11.5 Å². The number of rotatable bonds is 5. The van der Waals surface area contributed by atoms with E-state index in [0.717, 1.165) is 16.6 Å². The van der Waals surface area contributed by atoms with Gasteiger partial charge in [0.2, 0.25) is 0 Å². The zero-order valence-corrected chi connectivity index (χ0v) is 12.4. The second-order valence-corrected chi connectivity index (χ2v) is 4.65. The van der Waals surface area contributed by atoms with Crippen LogP contribution in [-0.2, 0) is 6.67 Å². The normalized spacial score (nSPS) is 11.2. The Morgan fingerprint density at radius 2 is 1.91 bits per heavy atom. The van der Waals surface area contributed by atoms with Gasteiger partial charge in [-0.1, -0.05) is 17.3 Å². The molecule has 1 heterocycles. The Morgan fingerprint density at radius 3 is 2.73 bits per heavy atom. The molecule has 1 aromatic heterocycles. The number of nitrogens with zero attached hydrogens (tertiary/aromatic N) is 4. The van der Waals surface area contributed by atoms with Crippen molar-refractivity contribution in [2.75, 3.05) is 14.2 Å². The molecule has 0 fully saturated rings. The third-order valence-corrected chi connectivity index (χ3v) is 3.28. The van der Waals surface area contributed by atoms with Gasteiger partial charge in [0.1, 0.15) is 12.2 Å². The average Bonchev–Trinajstić information content (AvgIpc) is 2.98. The fraction of sp³-hybridized carbons (Fsp3) is 0.188. The molecular formula is C16H16N4O2. The van der Waals surface area contributed by atoms with Gasteiger partial charge < -0.3 is 9.47 Å². The largest absolute Gasteiger partial charge is 0.493 e. The molecule has 0 amide bonds. The van der Waals surface area contributed by atoms with Crippen LogP contribution in [0.1, 0.15) is 5.56 Å². The monoisotopic (exact) mass is 296 g/mol. The van der Waals surface area contributed by atoms with E-state index in [4.69, 9.17) is 9.47 Å². The summed E-state index contributed by atoms with van der Waals surface area (Å²) in [5.41, 5.74) is 2.76. The van der Waals surface area contributed by atoms with Gasteiger partial charge in [0, 0.05) is 6.21 Å². The molecule has 112 valence electrons. The first kappa shape index (κ1) is 14.1. The number of ether oxygens (including phenoxy) is 2. The predicted octanol–water partition coefficient (Wildman–Crippen LogP) is 2.53. The summed E-state index contributed by atoms with van der Waals surface area (Å²) < 4.78 is 12.2. The Hall–Kier alpha value is -2.89. The number of hydrogen-bond donors (Lipinski definition) is 0. The number of fused-ring (bicyclic) bond motifs is 1. The maximum atomic E-state index is 5.27. The van der Waals surface area contributed by atoms with E-state index in [2.05, 4.69) is 15.3 Å². The number of aliphatic imine (C=N–C) groups is 1. The summed E-state index contributed by atoms with van der Waals surface area (Å²) in [6.45, 7) is 0.412. The molecular weight excluding hydrogens is 280 g/mol. The molecule has 0 aliphatic heterocycles. The average molecular weight is 296 g/mol. The first-order valence-corrected chi connectivity index (χ1v) is 6.82. The van der Waals surface area contributed by atoms with Crippen molar-refractivity contribution in [3.05, 3.63) is 48.0 Å². The van der Waals surface area contributed by atoms with Gasteiger partial charge in [-0.3, -0.25) is 4.99 Å². The van der Waals surface area contributed by atoms with Crippen LogP contribution < -0.4 is 9.47 Å². The fourth-order valence-corrected chi connectivity index (χ4v) is 2.18. The maximum absolute atomic E-state index is 5.27. The van der Waals surface area contributed by atoms with Crippen LogP contribution >= 0.6 is 0 Å². The number of methoxy groups -OCH3 is 2. The Balaban J connectivity index is 1.77. The van der Waals surface area contributed by atoms with E-state index in [0.29, 0.717) is 18.2 Å². The second-order valence-electron chi connectivity index (χ2n) is 4.65. The van der Waals surface area contributed by atoms with E-state index in [1.54, 1.807) is 25.1 Å². The van der Waals surface area contributed by atoms with E-state index in [9.17, 15) is 0 Å². The molecule has 3 aromatic rings. The minimum atomic E-state index is 0.412. The highest BCUT2D eigenvalue weighted by Gasteiger charge is 2.04. The van der Waals surface area contributed by atoms with Crippen molar-refractivity contribution in [3.63, 3.8) is 0 Å². The third kappa shape index (κ3) is 2.76. The van der Waals surface area contributed by atoms with E-state index in [1.807, 2.05) is 42.5 Å². The number of hydrogen-bond acceptors (Lipinski definition) is 5. The Bertz CT molecular complexity index is 811. The summed E-state index contributed by atoms with van der Waals surface area (Å²) in [5, 5.41) is 8.19. The fourth-order valence-electron chi connectivity index (χ4n) is 2.18. The van der Waals surface area contributed by atoms with Crippen molar-refractivity contribution in [1.29, 1.82) is 0 Å². The minimum absolute atomic E-state index is 0.412. The molecule has 0 bridgehead atoms. The lowest BCUT2D eigenvalue weighted by Crippen LogP contribution is -1.98. The number of para-hydroxylation sites is 1. The molecule has 3 rings (SSSR count). The van der Waals surface area contributed by atoms with Crippen molar-refractivity contribution in [3.8, 4) is 11.5 Å². The molecule has 0 atom stereocenters. The lowest BCUT2D eigenvalue weighted by atomic mass is 10.2. The van der Waals surface area contributed by atoms with E-state index in [1.165, 1.54) is 0 Å². The van der Waals surface area contributed by atoms with Gasteiger partial charge in [0.25, 0.3) is 0 Å². The van der Waals surface area contributed by atoms with Crippen LogP contribution in [0, 0.1) is 0 Å². The Labute approximate surface area is 128 Å². The van der Waals surface area contributed by atoms with Crippen molar-refractivity contribution in [1.82, 2.24) is 15.0 Å². The lowest BCUT2D eigenvalue weighted by molar-refractivity contribution is 0.355. The molecule has 6 nitrogen and oxygen atoms in total. The van der Waals surface area contributed by atoms with Crippen LogP contribution in [0.25, 0.3) is 11.0 Å². The van der Waals surface area contributed by atoms with Gasteiger partial charge >= 0.3 is 0 Å². The smallest absolute Gasteiger partial charge is 0.161 e. The van der Waals surface area contributed by atoms with Crippen LogP contribution in [-0.4, -0.2) is 35.4 Å². The van der Waals surface area contributed by atoms with E-state index >= 15 is 0 Å². The van der Waals surface area contributed by atoms with Gasteiger partial charge in [-0.2, -0.15) is 0 Å². The summed E-state index contributed by atoms with van der Waals surface area (Å²) in [5.74, 6) is 1.37. The zero-order valence-electron chi connectivity index (χ0n) is 12.4. The van der Waals surface area contributed by atoms with Crippen LogP contribution in [0.15, 0.2) is 47.5 Å². The topological polar surface area (TPSA) is 61.5 Å². The minimum Gasteiger partial charge on any atom is -0.493 e.